The van der Waals surface area contributed by atoms with E-state index in [4.69, 9.17) is 9.94 Å². The van der Waals surface area contributed by atoms with E-state index in [9.17, 15) is 9.59 Å². The van der Waals surface area contributed by atoms with E-state index in [1.54, 1.807) is 30.3 Å². The van der Waals surface area contributed by atoms with Crippen LogP contribution >= 0.6 is 12.6 Å². The highest BCUT2D eigenvalue weighted by Crippen LogP contribution is 2.12. The van der Waals surface area contributed by atoms with Crippen molar-refractivity contribution in [1.82, 2.24) is 5.06 Å². The van der Waals surface area contributed by atoms with Crippen molar-refractivity contribution in [1.29, 1.82) is 0 Å². The topological polar surface area (TPSA) is 66.8 Å². The van der Waals surface area contributed by atoms with Crippen molar-refractivity contribution in [3.8, 4) is 0 Å². The van der Waals surface area contributed by atoms with Gasteiger partial charge in [-0.1, -0.05) is 18.2 Å². The summed E-state index contributed by atoms with van der Waals surface area (Å²) in [5.74, 6) is -1.25. The van der Waals surface area contributed by atoms with E-state index >= 15 is 0 Å². The predicted octanol–water partition coefficient (Wildman–Crippen LogP) is 1.46. The zero-order valence-corrected chi connectivity index (χ0v) is 10.8. The summed E-state index contributed by atoms with van der Waals surface area (Å²) < 4.78 is 0. The quantitative estimate of drug-likeness (QED) is 0.606. The number of nitrogens with zero attached hydrogens (tertiary/aromatic N) is 1. The van der Waals surface area contributed by atoms with Gasteiger partial charge in [0.25, 0.3) is 5.91 Å². The van der Waals surface area contributed by atoms with Gasteiger partial charge < -0.3 is 5.11 Å². The molecule has 0 bridgehead atoms. The summed E-state index contributed by atoms with van der Waals surface area (Å²) >= 11 is 3.99. The normalized spacial score (nSPS) is 11.9. The van der Waals surface area contributed by atoms with Gasteiger partial charge in [0.2, 0.25) is 0 Å². The Bertz CT molecular complexity index is 410. The zero-order valence-electron chi connectivity index (χ0n) is 9.94. The number of amides is 1. The Labute approximate surface area is 111 Å². The largest absolute Gasteiger partial charge is 0.480 e. The Kier molecular flexibility index (Phi) is 5.67. The number of rotatable bonds is 6. The standard InChI is InChI=1S/C12H15NO4S/c1-17-13(10(7-8-18)12(15)16)11(14)9-5-3-2-4-6-9/h2-6,10,18H,7-8H2,1H3,(H,15,16)/t10-/m0/s1. The number of carboxylic acid groups (broad SMARTS) is 1. The van der Waals surface area contributed by atoms with Gasteiger partial charge in [0.15, 0.2) is 6.04 Å². The van der Waals surface area contributed by atoms with Gasteiger partial charge in [-0.05, 0) is 24.3 Å². The second-order valence-electron chi connectivity index (χ2n) is 3.55. The highest BCUT2D eigenvalue weighted by molar-refractivity contribution is 7.80. The molecule has 5 nitrogen and oxygen atoms in total. The molecule has 1 amide bonds. The molecule has 0 unspecified atom stereocenters. The second kappa shape index (κ2) is 7.03. The fraction of sp³-hybridized carbons (Fsp3) is 0.333. The Balaban J connectivity index is 2.94. The van der Waals surface area contributed by atoms with Gasteiger partial charge in [-0.2, -0.15) is 12.6 Å². The molecule has 1 aromatic rings. The molecule has 0 aromatic heterocycles. The van der Waals surface area contributed by atoms with Crippen LogP contribution in [0, 0.1) is 0 Å². The average molecular weight is 269 g/mol. The van der Waals surface area contributed by atoms with Crippen molar-refractivity contribution in [2.75, 3.05) is 12.9 Å². The van der Waals surface area contributed by atoms with Gasteiger partial charge in [-0.3, -0.25) is 9.63 Å². The summed E-state index contributed by atoms with van der Waals surface area (Å²) in [6, 6.07) is 7.35. The molecular weight excluding hydrogens is 254 g/mol. The van der Waals surface area contributed by atoms with Crippen LogP contribution in [0.25, 0.3) is 0 Å². The maximum atomic E-state index is 12.1. The Morgan fingerprint density at radius 3 is 2.44 bits per heavy atom. The zero-order chi connectivity index (χ0) is 13.5. The highest BCUT2D eigenvalue weighted by Gasteiger charge is 2.30. The van der Waals surface area contributed by atoms with Gasteiger partial charge in [-0.15, -0.1) is 0 Å². The lowest BCUT2D eigenvalue weighted by atomic mass is 10.1. The van der Waals surface area contributed by atoms with Crippen LogP contribution in [0.5, 0.6) is 0 Å². The predicted molar refractivity (Wildman–Crippen MR) is 69.5 cm³/mol. The lowest BCUT2D eigenvalue weighted by Gasteiger charge is -2.25. The van der Waals surface area contributed by atoms with Gasteiger partial charge in [0, 0.05) is 5.56 Å². The summed E-state index contributed by atoms with van der Waals surface area (Å²) in [4.78, 5) is 28.1. The third-order valence-electron chi connectivity index (χ3n) is 2.39. The minimum atomic E-state index is -1.12. The summed E-state index contributed by atoms with van der Waals surface area (Å²) in [6.07, 6.45) is 0.213. The number of carbonyl (C=O) groups excluding carboxylic acids is 1. The summed E-state index contributed by atoms with van der Waals surface area (Å²) in [6.45, 7) is 0. The van der Waals surface area contributed by atoms with Crippen molar-refractivity contribution in [2.45, 2.75) is 12.5 Å². The molecule has 0 aliphatic carbocycles. The molecule has 0 radical (unpaired) electrons. The number of hydrogen-bond donors (Lipinski definition) is 2. The molecule has 1 N–H and O–H groups in total. The molecule has 1 rings (SSSR count). The average Bonchev–Trinajstić information content (AvgIpc) is 2.39. The van der Waals surface area contributed by atoms with E-state index in [2.05, 4.69) is 12.6 Å². The summed E-state index contributed by atoms with van der Waals surface area (Å²) in [7, 11) is 1.27. The monoisotopic (exact) mass is 269 g/mol. The lowest BCUT2D eigenvalue weighted by molar-refractivity contribution is -0.166. The van der Waals surface area contributed by atoms with E-state index in [-0.39, 0.29) is 6.42 Å². The first-order valence-electron chi connectivity index (χ1n) is 5.38. The van der Waals surface area contributed by atoms with E-state index in [0.29, 0.717) is 11.3 Å². The van der Waals surface area contributed by atoms with Crippen molar-refractivity contribution >= 4 is 24.5 Å². The number of carboxylic acids is 1. The van der Waals surface area contributed by atoms with Crippen molar-refractivity contribution < 1.29 is 19.5 Å². The molecule has 0 heterocycles. The SMILES string of the molecule is CON(C(=O)c1ccccc1)[C@@H](CCS)C(=O)O. The van der Waals surface area contributed by atoms with Crippen LogP contribution in [-0.2, 0) is 9.63 Å². The number of hydrogen-bond acceptors (Lipinski definition) is 4. The molecule has 0 spiro atoms. The fourth-order valence-electron chi connectivity index (χ4n) is 1.52. The van der Waals surface area contributed by atoms with Gasteiger partial charge in [-0.25, -0.2) is 9.86 Å². The Morgan fingerprint density at radius 2 is 2.00 bits per heavy atom. The minimum absolute atomic E-state index is 0.213. The van der Waals surface area contributed by atoms with Crippen molar-refractivity contribution in [3.63, 3.8) is 0 Å². The molecule has 1 atom stereocenters. The number of thiol groups is 1. The van der Waals surface area contributed by atoms with E-state index in [1.165, 1.54) is 7.11 Å². The summed E-state index contributed by atoms with van der Waals surface area (Å²) in [5.41, 5.74) is 0.379. The number of carbonyl (C=O) groups is 2. The number of hydroxylamine groups is 2. The Hall–Kier alpha value is -1.53. The Morgan fingerprint density at radius 1 is 1.39 bits per heavy atom. The van der Waals surface area contributed by atoms with E-state index in [0.717, 1.165) is 5.06 Å². The molecule has 0 saturated heterocycles. The molecule has 0 aliphatic rings. The molecule has 0 saturated carbocycles. The highest BCUT2D eigenvalue weighted by atomic mass is 32.1. The van der Waals surface area contributed by atoms with Crippen LogP contribution in [0.1, 0.15) is 16.8 Å². The molecule has 0 aliphatic heterocycles. The van der Waals surface area contributed by atoms with Gasteiger partial charge in [0.05, 0.1) is 7.11 Å². The van der Waals surface area contributed by atoms with Gasteiger partial charge in [0.1, 0.15) is 0 Å². The van der Waals surface area contributed by atoms with E-state index in [1.807, 2.05) is 0 Å². The number of aliphatic carboxylic acids is 1. The first-order chi connectivity index (χ1) is 8.61. The third-order valence-corrected chi connectivity index (χ3v) is 2.65. The van der Waals surface area contributed by atoms with Gasteiger partial charge >= 0.3 is 5.97 Å². The maximum Gasteiger partial charge on any atom is 0.329 e. The van der Waals surface area contributed by atoms with Crippen LogP contribution in [0.4, 0.5) is 0 Å². The molecule has 1 aromatic carbocycles. The molecular formula is C12H15NO4S. The van der Waals surface area contributed by atoms with Crippen LogP contribution < -0.4 is 0 Å². The molecule has 98 valence electrons. The summed E-state index contributed by atoms with van der Waals surface area (Å²) in [5, 5.41) is 9.96. The lowest BCUT2D eigenvalue weighted by Crippen LogP contribution is -2.44. The van der Waals surface area contributed by atoms with Crippen LogP contribution in [-0.4, -0.2) is 41.0 Å². The molecule has 18 heavy (non-hydrogen) atoms. The number of benzene rings is 1. The maximum absolute atomic E-state index is 12.1. The van der Waals surface area contributed by atoms with Crippen molar-refractivity contribution in [3.05, 3.63) is 35.9 Å². The molecule has 6 heteroatoms. The first kappa shape index (κ1) is 14.5. The first-order valence-corrected chi connectivity index (χ1v) is 6.01. The fourth-order valence-corrected chi connectivity index (χ4v) is 1.77. The smallest absolute Gasteiger partial charge is 0.329 e. The third kappa shape index (κ3) is 3.48. The van der Waals surface area contributed by atoms with E-state index < -0.39 is 17.9 Å². The van der Waals surface area contributed by atoms with Crippen LogP contribution in [0.15, 0.2) is 30.3 Å². The minimum Gasteiger partial charge on any atom is -0.480 e. The second-order valence-corrected chi connectivity index (χ2v) is 3.99. The van der Waals surface area contributed by atoms with Crippen LogP contribution in [0.2, 0.25) is 0 Å². The van der Waals surface area contributed by atoms with Crippen LogP contribution in [0.3, 0.4) is 0 Å². The van der Waals surface area contributed by atoms with Crippen molar-refractivity contribution in [2.24, 2.45) is 0 Å². The molecule has 0 fully saturated rings.